The molecule has 1 amide bonds. The SMILES string of the molecule is CC(NC(=O)c1cncc(F)c1)c1ncc[nH]1. The number of nitrogens with zero attached hydrogens (tertiary/aromatic N) is 2. The molecule has 2 rings (SSSR count). The number of hydrogen-bond donors (Lipinski definition) is 2. The Morgan fingerprint density at radius 3 is 3.00 bits per heavy atom. The van der Waals surface area contributed by atoms with Gasteiger partial charge in [-0.15, -0.1) is 0 Å². The number of carbonyl (C=O) groups excluding carboxylic acids is 1. The van der Waals surface area contributed by atoms with Crippen molar-refractivity contribution in [3.05, 3.63) is 48.1 Å². The van der Waals surface area contributed by atoms with E-state index in [1.165, 1.54) is 6.20 Å². The quantitative estimate of drug-likeness (QED) is 0.844. The lowest BCUT2D eigenvalue weighted by atomic mass is 10.2. The van der Waals surface area contributed by atoms with Gasteiger partial charge in [-0.1, -0.05) is 0 Å². The number of aromatic amines is 1. The van der Waals surface area contributed by atoms with Gasteiger partial charge in [0.2, 0.25) is 0 Å². The molecule has 2 aromatic heterocycles. The number of carbonyl (C=O) groups is 1. The fourth-order valence-corrected chi connectivity index (χ4v) is 1.40. The summed E-state index contributed by atoms with van der Waals surface area (Å²) in [7, 11) is 0. The van der Waals surface area contributed by atoms with Crippen molar-refractivity contribution < 1.29 is 9.18 Å². The van der Waals surface area contributed by atoms with E-state index in [4.69, 9.17) is 0 Å². The molecule has 0 aliphatic heterocycles. The van der Waals surface area contributed by atoms with E-state index in [1.807, 2.05) is 0 Å². The van der Waals surface area contributed by atoms with Gasteiger partial charge < -0.3 is 10.3 Å². The molecule has 2 heterocycles. The molecule has 0 radical (unpaired) electrons. The predicted octanol–water partition coefficient (Wildman–Crippen LogP) is 1.43. The van der Waals surface area contributed by atoms with Crippen LogP contribution in [0.25, 0.3) is 0 Å². The van der Waals surface area contributed by atoms with Gasteiger partial charge in [-0.3, -0.25) is 9.78 Å². The fraction of sp³-hybridized carbons (Fsp3) is 0.182. The normalized spacial score (nSPS) is 12.1. The highest BCUT2D eigenvalue weighted by atomic mass is 19.1. The monoisotopic (exact) mass is 234 g/mol. The zero-order valence-electron chi connectivity index (χ0n) is 9.14. The number of imidazole rings is 1. The molecule has 0 aliphatic rings. The zero-order chi connectivity index (χ0) is 12.3. The van der Waals surface area contributed by atoms with E-state index in [2.05, 4.69) is 20.3 Å². The molecule has 0 bridgehead atoms. The molecule has 2 aromatic rings. The lowest BCUT2D eigenvalue weighted by Crippen LogP contribution is -2.27. The summed E-state index contributed by atoms with van der Waals surface area (Å²) in [4.78, 5) is 22.3. The molecule has 0 saturated carbocycles. The first-order valence-electron chi connectivity index (χ1n) is 5.07. The van der Waals surface area contributed by atoms with Crippen LogP contribution < -0.4 is 5.32 Å². The third-order valence-corrected chi connectivity index (χ3v) is 2.24. The lowest BCUT2D eigenvalue weighted by molar-refractivity contribution is 0.0937. The van der Waals surface area contributed by atoms with Crippen LogP contribution in [-0.4, -0.2) is 20.9 Å². The van der Waals surface area contributed by atoms with Crippen LogP contribution in [0, 0.1) is 5.82 Å². The van der Waals surface area contributed by atoms with Gasteiger partial charge >= 0.3 is 0 Å². The number of nitrogens with one attached hydrogen (secondary N) is 2. The van der Waals surface area contributed by atoms with Gasteiger partial charge in [0, 0.05) is 18.6 Å². The van der Waals surface area contributed by atoms with E-state index >= 15 is 0 Å². The number of rotatable bonds is 3. The van der Waals surface area contributed by atoms with E-state index in [0.29, 0.717) is 5.82 Å². The average Bonchev–Trinajstić information content (AvgIpc) is 2.82. The predicted molar refractivity (Wildman–Crippen MR) is 58.7 cm³/mol. The summed E-state index contributed by atoms with van der Waals surface area (Å²) in [5.41, 5.74) is 0.184. The smallest absolute Gasteiger partial charge is 0.253 e. The molecular formula is C11H11FN4O. The number of H-pyrrole nitrogens is 1. The van der Waals surface area contributed by atoms with Crippen LogP contribution in [0.5, 0.6) is 0 Å². The maximum absolute atomic E-state index is 12.9. The van der Waals surface area contributed by atoms with Gasteiger partial charge in [0.1, 0.15) is 11.6 Å². The lowest BCUT2D eigenvalue weighted by Gasteiger charge is -2.11. The van der Waals surface area contributed by atoms with Crippen molar-refractivity contribution >= 4 is 5.91 Å². The van der Waals surface area contributed by atoms with Crippen LogP contribution in [0.3, 0.4) is 0 Å². The zero-order valence-corrected chi connectivity index (χ0v) is 9.14. The standard InChI is InChI=1S/C11H11FN4O/c1-7(10-14-2-3-15-10)16-11(17)8-4-9(12)6-13-5-8/h2-7H,1H3,(H,14,15)(H,16,17). The summed E-state index contributed by atoms with van der Waals surface area (Å²) < 4.78 is 12.9. The Morgan fingerprint density at radius 1 is 1.53 bits per heavy atom. The Bertz CT molecular complexity index is 512. The van der Waals surface area contributed by atoms with Crippen molar-refractivity contribution in [1.29, 1.82) is 0 Å². The van der Waals surface area contributed by atoms with E-state index in [-0.39, 0.29) is 17.5 Å². The Morgan fingerprint density at radius 2 is 2.35 bits per heavy atom. The largest absolute Gasteiger partial charge is 0.347 e. The van der Waals surface area contributed by atoms with E-state index in [1.54, 1.807) is 19.3 Å². The molecule has 0 fully saturated rings. The molecular weight excluding hydrogens is 223 g/mol. The number of amides is 1. The van der Waals surface area contributed by atoms with Crippen molar-refractivity contribution in [1.82, 2.24) is 20.3 Å². The van der Waals surface area contributed by atoms with Crippen LogP contribution in [0.1, 0.15) is 29.1 Å². The van der Waals surface area contributed by atoms with Gasteiger partial charge in [-0.2, -0.15) is 0 Å². The summed E-state index contributed by atoms with van der Waals surface area (Å²) in [6.07, 6.45) is 5.63. The number of pyridine rings is 1. The number of halogens is 1. The van der Waals surface area contributed by atoms with Crippen molar-refractivity contribution in [2.75, 3.05) is 0 Å². The summed E-state index contributed by atoms with van der Waals surface area (Å²) in [6.45, 7) is 1.78. The molecule has 0 aromatic carbocycles. The van der Waals surface area contributed by atoms with E-state index < -0.39 is 5.82 Å². The third-order valence-electron chi connectivity index (χ3n) is 2.24. The molecule has 1 atom stereocenters. The second kappa shape index (κ2) is 4.73. The van der Waals surface area contributed by atoms with Crippen LogP contribution in [0.4, 0.5) is 4.39 Å². The van der Waals surface area contributed by atoms with E-state index in [0.717, 1.165) is 12.3 Å². The fourth-order valence-electron chi connectivity index (χ4n) is 1.40. The Kier molecular flexibility index (Phi) is 3.13. The molecule has 5 nitrogen and oxygen atoms in total. The molecule has 2 N–H and O–H groups in total. The highest BCUT2D eigenvalue weighted by Gasteiger charge is 2.13. The highest BCUT2D eigenvalue weighted by Crippen LogP contribution is 2.07. The van der Waals surface area contributed by atoms with Crippen molar-refractivity contribution in [3.8, 4) is 0 Å². The first-order chi connectivity index (χ1) is 8.16. The molecule has 0 aliphatic carbocycles. The Hall–Kier alpha value is -2.24. The topological polar surface area (TPSA) is 70.7 Å². The Balaban J connectivity index is 2.07. The minimum atomic E-state index is -0.539. The number of aromatic nitrogens is 3. The maximum Gasteiger partial charge on any atom is 0.253 e. The average molecular weight is 234 g/mol. The summed E-state index contributed by atoms with van der Waals surface area (Å²) >= 11 is 0. The van der Waals surface area contributed by atoms with Crippen molar-refractivity contribution in [2.45, 2.75) is 13.0 Å². The first kappa shape index (κ1) is 11.3. The second-order valence-corrected chi connectivity index (χ2v) is 3.56. The van der Waals surface area contributed by atoms with Gasteiger partial charge in [0.25, 0.3) is 5.91 Å². The van der Waals surface area contributed by atoms with Crippen LogP contribution in [-0.2, 0) is 0 Å². The summed E-state index contributed by atoms with van der Waals surface area (Å²) in [5.74, 6) is -0.285. The molecule has 0 saturated heterocycles. The maximum atomic E-state index is 12.9. The van der Waals surface area contributed by atoms with Gasteiger partial charge in [-0.05, 0) is 13.0 Å². The van der Waals surface area contributed by atoms with Gasteiger partial charge in [0.05, 0.1) is 17.8 Å². The number of hydrogen-bond acceptors (Lipinski definition) is 3. The highest BCUT2D eigenvalue weighted by molar-refractivity contribution is 5.94. The van der Waals surface area contributed by atoms with Crippen LogP contribution >= 0.6 is 0 Å². The summed E-state index contributed by atoms with van der Waals surface area (Å²) in [5, 5.41) is 2.69. The first-order valence-corrected chi connectivity index (χ1v) is 5.07. The van der Waals surface area contributed by atoms with Crippen LogP contribution in [0.15, 0.2) is 30.9 Å². The molecule has 17 heavy (non-hydrogen) atoms. The Labute approximate surface area is 97.1 Å². The molecule has 0 spiro atoms. The third kappa shape index (κ3) is 2.66. The van der Waals surface area contributed by atoms with Gasteiger partial charge in [-0.25, -0.2) is 9.37 Å². The minimum Gasteiger partial charge on any atom is -0.347 e. The molecule has 1 unspecified atom stereocenters. The minimum absolute atomic E-state index is 0.184. The van der Waals surface area contributed by atoms with Gasteiger partial charge in [0.15, 0.2) is 0 Å². The van der Waals surface area contributed by atoms with E-state index in [9.17, 15) is 9.18 Å². The van der Waals surface area contributed by atoms with Crippen molar-refractivity contribution in [3.63, 3.8) is 0 Å². The second-order valence-electron chi connectivity index (χ2n) is 3.56. The van der Waals surface area contributed by atoms with Crippen molar-refractivity contribution in [2.24, 2.45) is 0 Å². The summed E-state index contributed by atoms with van der Waals surface area (Å²) in [6, 6.07) is 0.859. The molecule has 88 valence electrons. The molecule has 6 heteroatoms. The van der Waals surface area contributed by atoms with Crippen LogP contribution in [0.2, 0.25) is 0 Å².